The quantitative estimate of drug-likeness (QED) is 0.774. The summed E-state index contributed by atoms with van der Waals surface area (Å²) in [5, 5.41) is 3.05. The van der Waals surface area contributed by atoms with Crippen molar-refractivity contribution in [1.29, 1.82) is 0 Å². The Bertz CT molecular complexity index is 232. The number of carbonyl (C=O) groups excluding carboxylic acids is 1. The van der Waals surface area contributed by atoms with Gasteiger partial charge in [0.25, 0.3) is 0 Å². The SMILES string of the molecule is CCC1CCC(CNC(=O)C(C)C(C)N)CC1. The van der Waals surface area contributed by atoms with Crippen molar-refractivity contribution in [3.8, 4) is 0 Å². The van der Waals surface area contributed by atoms with Crippen LogP contribution in [-0.2, 0) is 4.79 Å². The van der Waals surface area contributed by atoms with Gasteiger partial charge in [-0.2, -0.15) is 0 Å². The Hall–Kier alpha value is -0.570. The van der Waals surface area contributed by atoms with E-state index in [1.165, 1.54) is 32.1 Å². The van der Waals surface area contributed by atoms with Gasteiger partial charge in [-0.3, -0.25) is 4.79 Å². The fraction of sp³-hybridized carbons (Fsp3) is 0.929. The summed E-state index contributed by atoms with van der Waals surface area (Å²) in [4.78, 5) is 11.8. The first-order valence-electron chi connectivity index (χ1n) is 7.07. The largest absolute Gasteiger partial charge is 0.356 e. The van der Waals surface area contributed by atoms with Crippen LogP contribution in [0.1, 0.15) is 52.9 Å². The van der Waals surface area contributed by atoms with E-state index in [1.54, 1.807) is 0 Å². The zero-order chi connectivity index (χ0) is 12.8. The molecule has 0 saturated heterocycles. The lowest BCUT2D eigenvalue weighted by Crippen LogP contribution is -2.40. The van der Waals surface area contributed by atoms with Crippen LogP contribution in [0.5, 0.6) is 0 Å². The van der Waals surface area contributed by atoms with Gasteiger partial charge in [0.2, 0.25) is 5.91 Å². The van der Waals surface area contributed by atoms with Crippen molar-refractivity contribution in [2.75, 3.05) is 6.54 Å². The molecule has 1 aliphatic carbocycles. The molecule has 0 bridgehead atoms. The van der Waals surface area contributed by atoms with E-state index < -0.39 is 0 Å². The van der Waals surface area contributed by atoms with E-state index in [0.717, 1.165) is 12.5 Å². The minimum absolute atomic E-state index is 0.0640. The van der Waals surface area contributed by atoms with E-state index in [0.29, 0.717) is 5.92 Å². The second-order valence-electron chi connectivity index (χ2n) is 5.69. The summed E-state index contributed by atoms with van der Waals surface area (Å²) >= 11 is 0. The molecule has 17 heavy (non-hydrogen) atoms. The van der Waals surface area contributed by atoms with E-state index in [-0.39, 0.29) is 17.9 Å². The molecular formula is C14H28N2O. The van der Waals surface area contributed by atoms with Crippen LogP contribution in [0.3, 0.4) is 0 Å². The minimum atomic E-state index is -0.0815. The van der Waals surface area contributed by atoms with Crippen LogP contribution in [-0.4, -0.2) is 18.5 Å². The summed E-state index contributed by atoms with van der Waals surface area (Å²) < 4.78 is 0. The summed E-state index contributed by atoms with van der Waals surface area (Å²) in [6.45, 7) is 6.90. The molecule has 0 heterocycles. The van der Waals surface area contributed by atoms with Crippen molar-refractivity contribution in [3.05, 3.63) is 0 Å². The average molecular weight is 240 g/mol. The van der Waals surface area contributed by atoms with E-state index in [4.69, 9.17) is 5.73 Å². The highest BCUT2D eigenvalue weighted by Gasteiger charge is 2.22. The van der Waals surface area contributed by atoms with Crippen LogP contribution in [0.2, 0.25) is 0 Å². The number of amides is 1. The normalized spacial score (nSPS) is 28.5. The van der Waals surface area contributed by atoms with Crippen molar-refractivity contribution in [2.24, 2.45) is 23.5 Å². The molecule has 100 valence electrons. The maximum absolute atomic E-state index is 11.8. The zero-order valence-corrected chi connectivity index (χ0v) is 11.5. The average Bonchev–Trinajstić information content (AvgIpc) is 2.35. The Labute approximate surface area is 106 Å². The lowest BCUT2D eigenvalue weighted by molar-refractivity contribution is -0.125. The van der Waals surface area contributed by atoms with Crippen molar-refractivity contribution in [1.82, 2.24) is 5.32 Å². The van der Waals surface area contributed by atoms with Gasteiger partial charge in [0.1, 0.15) is 0 Å². The monoisotopic (exact) mass is 240 g/mol. The number of hydrogen-bond donors (Lipinski definition) is 2. The zero-order valence-electron chi connectivity index (χ0n) is 11.5. The highest BCUT2D eigenvalue weighted by atomic mass is 16.1. The van der Waals surface area contributed by atoms with Gasteiger partial charge < -0.3 is 11.1 Å². The maximum Gasteiger partial charge on any atom is 0.224 e. The summed E-state index contributed by atoms with van der Waals surface area (Å²) in [6.07, 6.45) is 6.51. The minimum Gasteiger partial charge on any atom is -0.356 e. The Morgan fingerprint density at radius 1 is 1.24 bits per heavy atom. The molecule has 1 amide bonds. The van der Waals surface area contributed by atoms with Gasteiger partial charge in [0, 0.05) is 18.5 Å². The lowest BCUT2D eigenvalue weighted by Gasteiger charge is -2.28. The van der Waals surface area contributed by atoms with Crippen molar-refractivity contribution in [3.63, 3.8) is 0 Å². The van der Waals surface area contributed by atoms with Gasteiger partial charge in [0.15, 0.2) is 0 Å². The van der Waals surface area contributed by atoms with E-state index in [2.05, 4.69) is 12.2 Å². The first kappa shape index (κ1) is 14.5. The van der Waals surface area contributed by atoms with Crippen molar-refractivity contribution in [2.45, 2.75) is 58.9 Å². The second kappa shape index (κ2) is 7.00. The first-order valence-corrected chi connectivity index (χ1v) is 7.07. The molecule has 0 aliphatic heterocycles. The van der Waals surface area contributed by atoms with Crippen LogP contribution < -0.4 is 11.1 Å². The topological polar surface area (TPSA) is 55.1 Å². The van der Waals surface area contributed by atoms with Gasteiger partial charge in [-0.25, -0.2) is 0 Å². The highest BCUT2D eigenvalue weighted by Crippen LogP contribution is 2.30. The third kappa shape index (κ3) is 4.66. The molecule has 3 nitrogen and oxygen atoms in total. The third-order valence-corrected chi connectivity index (χ3v) is 4.31. The Balaban J connectivity index is 2.21. The molecule has 3 heteroatoms. The molecule has 0 radical (unpaired) electrons. The second-order valence-corrected chi connectivity index (χ2v) is 5.69. The predicted octanol–water partition coefficient (Wildman–Crippen LogP) is 2.30. The van der Waals surface area contributed by atoms with Crippen LogP contribution in [0.15, 0.2) is 0 Å². The molecule has 2 atom stereocenters. The number of carbonyl (C=O) groups is 1. The number of nitrogens with two attached hydrogens (primary N) is 1. The molecule has 0 aromatic carbocycles. The standard InChI is InChI=1S/C14H28N2O/c1-4-12-5-7-13(8-6-12)9-16-14(17)10(2)11(3)15/h10-13H,4-9,15H2,1-3H3,(H,16,17). The molecule has 2 unspecified atom stereocenters. The lowest BCUT2D eigenvalue weighted by atomic mass is 9.81. The summed E-state index contributed by atoms with van der Waals surface area (Å²) in [7, 11) is 0. The van der Waals surface area contributed by atoms with Gasteiger partial charge in [-0.05, 0) is 31.6 Å². The molecule has 0 spiro atoms. The predicted molar refractivity (Wildman–Crippen MR) is 71.6 cm³/mol. The number of hydrogen-bond acceptors (Lipinski definition) is 2. The van der Waals surface area contributed by atoms with Gasteiger partial charge in [-0.15, -0.1) is 0 Å². The summed E-state index contributed by atoms with van der Waals surface area (Å²) in [5.74, 6) is 1.63. The van der Waals surface area contributed by atoms with Gasteiger partial charge in [0.05, 0.1) is 0 Å². The van der Waals surface area contributed by atoms with Crippen LogP contribution in [0, 0.1) is 17.8 Å². The Morgan fingerprint density at radius 2 is 1.76 bits per heavy atom. The van der Waals surface area contributed by atoms with E-state index >= 15 is 0 Å². The molecule has 1 saturated carbocycles. The molecule has 1 fully saturated rings. The van der Waals surface area contributed by atoms with Crippen molar-refractivity contribution >= 4 is 5.91 Å². The van der Waals surface area contributed by atoms with E-state index in [9.17, 15) is 4.79 Å². The van der Waals surface area contributed by atoms with Crippen LogP contribution >= 0.6 is 0 Å². The fourth-order valence-corrected chi connectivity index (χ4v) is 2.49. The summed E-state index contributed by atoms with van der Waals surface area (Å²) in [5.41, 5.74) is 5.72. The Kier molecular flexibility index (Phi) is 5.96. The van der Waals surface area contributed by atoms with E-state index in [1.807, 2.05) is 13.8 Å². The van der Waals surface area contributed by atoms with Crippen LogP contribution in [0.4, 0.5) is 0 Å². The smallest absolute Gasteiger partial charge is 0.224 e. The van der Waals surface area contributed by atoms with Crippen molar-refractivity contribution < 1.29 is 4.79 Å². The molecule has 1 rings (SSSR count). The highest BCUT2D eigenvalue weighted by molar-refractivity contribution is 5.78. The maximum atomic E-state index is 11.8. The molecule has 1 aliphatic rings. The first-order chi connectivity index (χ1) is 8.04. The summed E-state index contributed by atoms with van der Waals surface area (Å²) in [6, 6.07) is -0.0640. The third-order valence-electron chi connectivity index (χ3n) is 4.31. The molecule has 0 aromatic rings. The van der Waals surface area contributed by atoms with Crippen LogP contribution in [0.25, 0.3) is 0 Å². The number of nitrogens with one attached hydrogen (secondary N) is 1. The fourth-order valence-electron chi connectivity index (χ4n) is 2.49. The molecule has 3 N–H and O–H groups in total. The molecule has 0 aromatic heterocycles. The van der Waals surface area contributed by atoms with Gasteiger partial charge in [-0.1, -0.05) is 33.1 Å². The number of rotatable bonds is 5. The van der Waals surface area contributed by atoms with Gasteiger partial charge >= 0.3 is 0 Å². The molecular weight excluding hydrogens is 212 g/mol. The Morgan fingerprint density at radius 3 is 2.24 bits per heavy atom.